The van der Waals surface area contributed by atoms with Gasteiger partial charge in [-0.05, 0) is 24.6 Å². The molecular formula is C17H28N6O3. The molecule has 2 amide bonds. The molecular weight excluding hydrogens is 336 g/mol. The van der Waals surface area contributed by atoms with Crippen LogP contribution in [0.2, 0.25) is 0 Å². The van der Waals surface area contributed by atoms with Gasteiger partial charge in [-0.1, -0.05) is 19.8 Å². The lowest BCUT2D eigenvalue weighted by Crippen LogP contribution is -2.44. The first-order valence-corrected chi connectivity index (χ1v) is 8.49. The number of rotatable bonds is 11. The van der Waals surface area contributed by atoms with Crippen molar-refractivity contribution in [3.05, 3.63) is 23.8 Å². The molecule has 26 heavy (non-hydrogen) atoms. The van der Waals surface area contributed by atoms with Crippen LogP contribution in [0.5, 0.6) is 5.75 Å². The van der Waals surface area contributed by atoms with Gasteiger partial charge in [-0.3, -0.25) is 14.6 Å². The third kappa shape index (κ3) is 6.88. The van der Waals surface area contributed by atoms with Gasteiger partial charge in [-0.15, -0.1) is 0 Å². The molecule has 9 heteroatoms. The fraction of sp³-hybridized carbons (Fsp3) is 0.471. The highest BCUT2D eigenvalue weighted by molar-refractivity contribution is 6.00. The van der Waals surface area contributed by atoms with Gasteiger partial charge in [0, 0.05) is 12.7 Å². The predicted molar refractivity (Wildman–Crippen MR) is 102 cm³/mol. The molecule has 0 spiro atoms. The maximum atomic E-state index is 12.7. The summed E-state index contributed by atoms with van der Waals surface area (Å²) in [5.74, 6) is -0.658. The Morgan fingerprint density at radius 1 is 1.27 bits per heavy atom. The summed E-state index contributed by atoms with van der Waals surface area (Å²) in [5.41, 5.74) is 17.0. The summed E-state index contributed by atoms with van der Waals surface area (Å²) in [6.45, 7) is 2.46. The number of nitrogens with one attached hydrogen (secondary N) is 2. The van der Waals surface area contributed by atoms with Crippen LogP contribution in [0.15, 0.2) is 23.2 Å². The van der Waals surface area contributed by atoms with Crippen molar-refractivity contribution in [3.63, 3.8) is 0 Å². The molecule has 1 atom stereocenters. The van der Waals surface area contributed by atoms with E-state index in [9.17, 15) is 9.59 Å². The highest BCUT2D eigenvalue weighted by Gasteiger charge is 2.21. The number of primary amides is 1. The Morgan fingerprint density at radius 3 is 2.58 bits per heavy atom. The summed E-state index contributed by atoms with van der Waals surface area (Å²) in [5, 5.41) is 5.64. The van der Waals surface area contributed by atoms with E-state index in [0.29, 0.717) is 17.7 Å². The molecule has 1 rings (SSSR count). The van der Waals surface area contributed by atoms with Gasteiger partial charge < -0.3 is 32.6 Å². The Morgan fingerprint density at radius 2 is 2.00 bits per heavy atom. The maximum absolute atomic E-state index is 12.7. The summed E-state index contributed by atoms with van der Waals surface area (Å²) in [6.07, 6.45) is 2.17. The third-order valence-corrected chi connectivity index (χ3v) is 3.65. The molecule has 0 heterocycles. The lowest BCUT2D eigenvalue weighted by atomic mass is 10.1. The molecule has 1 aromatic carbocycles. The summed E-state index contributed by atoms with van der Waals surface area (Å²) >= 11 is 0. The third-order valence-electron chi connectivity index (χ3n) is 3.65. The molecule has 0 aliphatic rings. The Hall–Kier alpha value is -2.97. The first-order chi connectivity index (χ1) is 12.4. The minimum absolute atomic E-state index is 0.0303. The number of aliphatic imine (C=N–C) groups is 1. The molecule has 0 saturated heterocycles. The fourth-order valence-electron chi connectivity index (χ4n) is 2.25. The highest BCUT2D eigenvalue weighted by atomic mass is 16.5. The van der Waals surface area contributed by atoms with Crippen molar-refractivity contribution >= 4 is 23.5 Å². The minimum atomic E-state index is -0.727. The number of anilines is 1. The average Bonchev–Trinajstić information content (AvgIpc) is 2.61. The quantitative estimate of drug-likeness (QED) is 0.214. The van der Waals surface area contributed by atoms with Crippen molar-refractivity contribution in [2.45, 2.75) is 32.2 Å². The van der Waals surface area contributed by atoms with E-state index in [2.05, 4.69) is 15.6 Å². The van der Waals surface area contributed by atoms with E-state index < -0.39 is 17.9 Å². The smallest absolute Gasteiger partial charge is 0.255 e. The zero-order chi connectivity index (χ0) is 19.5. The van der Waals surface area contributed by atoms with Crippen molar-refractivity contribution in [3.8, 4) is 5.75 Å². The monoisotopic (exact) mass is 364 g/mol. The zero-order valence-electron chi connectivity index (χ0n) is 15.2. The van der Waals surface area contributed by atoms with Crippen LogP contribution >= 0.6 is 0 Å². The lowest BCUT2D eigenvalue weighted by Gasteiger charge is -2.17. The molecule has 0 fully saturated rings. The normalized spacial score (nSPS) is 11.3. The highest BCUT2D eigenvalue weighted by Crippen LogP contribution is 2.23. The zero-order valence-corrected chi connectivity index (χ0v) is 15.2. The number of carbonyl (C=O) groups excluding carboxylic acids is 2. The molecule has 144 valence electrons. The first-order valence-electron chi connectivity index (χ1n) is 8.49. The molecule has 0 aromatic heterocycles. The molecule has 0 aliphatic heterocycles. The fourth-order valence-corrected chi connectivity index (χ4v) is 2.25. The second kappa shape index (κ2) is 10.8. The SMILES string of the molecule is CCCC[C@H](NC(=O)c1cc(NC)ccc1OCCN=C(N)N)C(N)=O. The number of carbonyl (C=O) groups is 2. The van der Waals surface area contributed by atoms with Crippen molar-refractivity contribution in [1.29, 1.82) is 0 Å². The molecule has 0 aliphatic carbocycles. The van der Waals surface area contributed by atoms with Crippen molar-refractivity contribution < 1.29 is 14.3 Å². The van der Waals surface area contributed by atoms with Crippen LogP contribution in [-0.4, -0.2) is 44.0 Å². The predicted octanol–water partition coefficient (Wildman–Crippen LogP) is 0.154. The number of ether oxygens (including phenoxy) is 1. The van der Waals surface area contributed by atoms with E-state index in [1.807, 2.05) is 6.92 Å². The van der Waals surface area contributed by atoms with Gasteiger partial charge in [-0.2, -0.15) is 0 Å². The van der Waals surface area contributed by atoms with E-state index in [4.69, 9.17) is 21.9 Å². The van der Waals surface area contributed by atoms with Crippen molar-refractivity contribution in [2.75, 3.05) is 25.5 Å². The lowest BCUT2D eigenvalue weighted by molar-refractivity contribution is -0.120. The van der Waals surface area contributed by atoms with E-state index >= 15 is 0 Å². The number of nitrogens with zero attached hydrogens (tertiary/aromatic N) is 1. The average molecular weight is 364 g/mol. The summed E-state index contributed by atoms with van der Waals surface area (Å²) in [6, 6.07) is 4.36. The Kier molecular flexibility index (Phi) is 8.76. The number of benzene rings is 1. The topological polar surface area (TPSA) is 158 Å². The van der Waals surface area contributed by atoms with Gasteiger partial charge in [0.05, 0.1) is 12.1 Å². The Bertz CT molecular complexity index is 643. The molecule has 1 aromatic rings. The van der Waals surface area contributed by atoms with Crippen LogP contribution in [0.1, 0.15) is 36.5 Å². The van der Waals surface area contributed by atoms with E-state index in [0.717, 1.165) is 18.5 Å². The van der Waals surface area contributed by atoms with E-state index in [-0.39, 0.29) is 19.1 Å². The van der Waals surface area contributed by atoms with Crippen LogP contribution in [-0.2, 0) is 4.79 Å². The number of hydrogen-bond acceptors (Lipinski definition) is 5. The summed E-state index contributed by atoms with van der Waals surface area (Å²) in [4.78, 5) is 28.1. The van der Waals surface area contributed by atoms with Gasteiger partial charge in [0.15, 0.2) is 5.96 Å². The standard InChI is InChI=1S/C17H28N6O3/c1-3-4-5-13(15(18)24)23-16(25)12-10-11(21-2)6-7-14(12)26-9-8-22-17(19)20/h6-7,10,13,21H,3-5,8-9H2,1-2H3,(H2,18,24)(H,23,25)(H4,19,20,22)/t13-/m0/s1. The van der Waals surface area contributed by atoms with Crippen LogP contribution in [0.3, 0.4) is 0 Å². The molecule has 8 N–H and O–H groups in total. The van der Waals surface area contributed by atoms with Gasteiger partial charge in [-0.25, -0.2) is 0 Å². The largest absolute Gasteiger partial charge is 0.491 e. The second-order valence-corrected chi connectivity index (χ2v) is 5.69. The molecule has 0 bridgehead atoms. The second-order valence-electron chi connectivity index (χ2n) is 5.69. The van der Waals surface area contributed by atoms with Crippen LogP contribution < -0.4 is 32.6 Å². The van der Waals surface area contributed by atoms with Gasteiger partial charge in [0.25, 0.3) is 5.91 Å². The van der Waals surface area contributed by atoms with Crippen LogP contribution in [0.25, 0.3) is 0 Å². The molecule has 0 unspecified atom stereocenters. The first kappa shape index (κ1) is 21.1. The van der Waals surface area contributed by atoms with Crippen LogP contribution in [0, 0.1) is 0 Å². The van der Waals surface area contributed by atoms with Crippen molar-refractivity contribution in [2.24, 2.45) is 22.2 Å². The Balaban J connectivity index is 2.93. The number of unbranched alkanes of at least 4 members (excludes halogenated alkanes) is 1. The maximum Gasteiger partial charge on any atom is 0.255 e. The summed E-state index contributed by atoms with van der Waals surface area (Å²) in [7, 11) is 1.74. The van der Waals surface area contributed by atoms with Crippen molar-refractivity contribution in [1.82, 2.24) is 5.32 Å². The summed E-state index contributed by atoms with van der Waals surface area (Å²) < 4.78 is 5.61. The number of hydrogen-bond donors (Lipinski definition) is 5. The Labute approximate surface area is 153 Å². The molecule has 9 nitrogen and oxygen atoms in total. The van der Waals surface area contributed by atoms with Gasteiger partial charge in [0.1, 0.15) is 18.4 Å². The van der Waals surface area contributed by atoms with Gasteiger partial charge >= 0.3 is 0 Å². The van der Waals surface area contributed by atoms with E-state index in [1.165, 1.54) is 0 Å². The number of amides is 2. The minimum Gasteiger partial charge on any atom is -0.491 e. The van der Waals surface area contributed by atoms with Crippen LogP contribution in [0.4, 0.5) is 5.69 Å². The van der Waals surface area contributed by atoms with Gasteiger partial charge in [0.2, 0.25) is 5.91 Å². The molecule has 0 saturated carbocycles. The number of nitrogens with two attached hydrogens (primary N) is 3. The molecule has 0 radical (unpaired) electrons. The number of guanidine groups is 1. The van der Waals surface area contributed by atoms with E-state index in [1.54, 1.807) is 25.2 Å².